The zero-order chi connectivity index (χ0) is 10.5. The average molecular weight is 198 g/mol. The van der Waals surface area contributed by atoms with Crippen molar-refractivity contribution >= 4 is 0 Å². The van der Waals surface area contributed by atoms with Gasteiger partial charge in [0.05, 0.1) is 0 Å². The van der Waals surface area contributed by atoms with E-state index in [1.54, 1.807) is 6.07 Å². The lowest BCUT2D eigenvalue weighted by Gasteiger charge is -2.08. The maximum atomic E-state index is 5.69. The summed E-state index contributed by atoms with van der Waals surface area (Å²) in [6.07, 6.45) is 0. The van der Waals surface area contributed by atoms with Gasteiger partial charge in [0.25, 0.3) is 0 Å². The molecule has 0 atom stereocenters. The average Bonchev–Trinajstić information content (AvgIpc) is 2.31. The topological polar surface area (TPSA) is 35.2 Å². The molecule has 0 aliphatic rings. The number of rotatable bonds is 3. The molecule has 0 aliphatic carbocycles. The molecule has 0 fully saturated rings. The first-order valence-electron chi connectivity index (χ1n) is 4.82. The fraction of sp³-hybridized carbons (Fsp3) is 0.0769. The number of hydrogen-bond donors (Lipinski definition) is 1. The SMILES string of the molecule is NCc1ccccc1Oc1c[c]ccc1. The summed E-state index contributed by atoms with van der Waals surface area (Å²) in [5.41, 5.74) is 6.62. The van der Waals surface area contributed by atoms with Crippen LogP contribution in [0.1, 0.15) is 5.56 Å². The summed E-state index contributed by atoms with van der Waals surface area (Å²) in [4.78, 5) is 0. The van der Waals surface area contributed by atoms with Crippen molar-refractivity contribution in [1.82, 2.24) is 0 Å². The molecule has 2 heteroatoms. The van der Waals surface area contributed by atoms with Gasteiger partial charge in [0.15, 0.2) is 0 Å². The first-order chi connectivity index (χ1) is 7.40. The summed E-state index contributed by atoms with van der Waals surface area (Å²) in [6, 6.07) is 18.1. The normalized spacial score (nSPS) is 9.93. The molecule has 15 heavy (non-hydrogen) atoms. The Balaban J connectivity index is 2.24. The van der Waals surface area contributed by atoms with E-state index in [1.807, 2.05) is 42.5 Å². The largest absolute Gasteiger partial charge is 0.457 e. The molecular weight excluding hydrogens is 186 g/mol. The van der Waals surface area contributed by atoms with Crippen molar-refractivity contribution in [1.29, 1.82) is 0 Å². The smallest absolute Gasteiger partial charge is 0.131 e. The first kappa shape index (κ1) is 9.74. The number of hydrogen-bond acceptors (Lipinski definition) is 2. The summed E-state index contributed by atoms with van der Waals surface area (Å²) in [5.74, 6) is 1.58. The lowest BCUT2D eigenvalue weighted by molar-refractivity contribution is 0.476. The van der Waals surface area contributed by atoms with Gasteiger partial charge in [-0.25, -0.2) is 0 Å². The third kappa shape index (κ3) is 2.36. The van der Waals surface area contributed by atoms with Gasteiger partial charge in [-0.1, -0.05) is 30.3 Å². The molecule has 75 valence electrons. The molecule has 2 nitrogen and oxygen atoms in total. The second kappa shape index (κ2) is 4.62. The minimum Gasteiger partial charge on any atom is -0.457 e. The van der Waals surface area contributed by atoms with Crippen LogP contribution >= 0.6 is 0 Å². The van der Waals surface area contributed by atoms with E-state index in [1.165, 1.54) is 0 Å². The van der Waals surface area contributed by atoms with Gasteiger partial charge in [0.2, 0.25) is 0 Å². The third-order valence-corrected chi connectivity index (χ3v) is 2.10. The minimum atomic E-state index is 0.479. The molecule has 0 spiro atoms. The fourth-order valence-electron chi connectivity index (χ4n) is 1.34. The van der Waals surface area contributed by atoms with Crippen molar-refractivity contribution in [2.45, 2.75) is 6.54 Å². The zero-order valence-electron chi connectivity index (χ0n) is 8.31. The second-order valence-electron chi connectivity index (χ2n) is 3.15. The van der Waals surface area contributed by atoms with Gasteiger partial charge in [-0.2, -0.15) is 0 Å². The Morgan fingerprint density at radius 2 is 2.00 bits per heavy atom. The number of ether oxygens (including phenoxy) is 1. The quantitative estimate of drug-likeness (QED) is 0.823. The highest BCUT2D eigenvalue weighted by Gasteiger charge is 2.01. The van der Waals surface area contributed by atoms with Gasteiger partial charge in [-0.15, -0.1) is 0 Å². The molecule has 0 bridgehead atoms. The Hall–Kier alpha value is -1.80. The Bertz CT molecular complexity index is 426. The van der Waals surface area contributed by atoms with Gasteiger partial charge in [-0.3, -0.25) is 0 Å². The summed E-state index contributed by atoms with van der Waals surface area (Å²) < 4.78 is 5.69. The number of benzene rings is 2. The van der Waals surface area contributed by atoms with Crippen molar-refractivity contribution in [3.8, 4) is 11.5 Å². The Labute approximate surface area is 89.3 Å². The molecule has 0 aliphatic heterocycles. The number of nitrogens with two attached hydrogens (primary N) is 1. The lowest BCUT2D eigenvalue weighted by Crippen LogP contribution is -1.98. The van der Waals surface area contributed by atoms with Crippen molar-refractivity contribution < 1.29 is 4.74 Å². The molecule has 2 rings (SSSR count). The lowest BCUT2D eigenvalue weighted by atomic mass is 10.2. The van der Waals surface area contributed by atoms with E-state index in [0.717, 1.165) is 17.1 Å². The Kier molecular flexibility index (Phi) is 3.00. The van der Waals surface area contributed by atoms with E-state index in [-0.39, 0.29) is 0 Å². The molecule has 0 saturated heterocycles. The van der Waals surface area contributed by atoms with Gasteiger partial charge in [0.1, 0.15) is 11.5 Å². The predicted octanol–water partition coefficient (Wildman–Crippen LogP) is 2.74. The monoisotopic (exact) mass is 198 g/mol. The maximum absolute atomic E-state index is 5.69. The first-order valence-corrected chi connectivity index (χ1v) is 4.82. The van der Waals surface area contributed by atoms with E-state index >= 15 is 0 Å². The molecule has 2 N–H and O–H groups in total. The summed E-state index contributed by atoms with van der Waals surface area (Å²) in [6.45, 7) is 0.479. The maximum Gasteiger partial charge on any atom is 0.131 e. The highest BCUT2D eigenvalue weighted by molar-refractivity contribution is 5.37. The van der Waals surface area contributed by atoms with Crippen LogP contribution in [-0.2, 0) is 6.54 Å². The molecule has 0 unspecified atom stereocenters. The van der Waals surface area contributed by atoms with Crippen LogP contribution in [0.5, 0.6) is 11.5 Å². The van der Waals surface area contributed by atoms with Gasteiger partial charge < -0.3 is 10.5 Å². The van der Waals surface area contributed by atoms with E-state index in [9.17, 15) is 0 Å². The molecular formula is C13H12NO. The van der Waals surface area contributed by atoms with E-state index in [2.05, 4.69) is 6.07 Å². The van der Waals surface area contributed by atoms with Crippen LogP contribution in [0.3, 0.4) is 0 Å². The predicted molar refractivity (Wildman–Crippen MR) is 59.7 cm³/mol. The summed E-state index contributed by atoms with van der Waals surface area (Å²) in [5, 5.41) is 0. The van der Waals surface area contributed by atoms with Crippen LogP contribution in [0.15, 0.2) is 48.5 Å². The highest BCUT2D eigenvalue weighted by Crippen LogP contribution is 2.24. The summed E-state index contributed by atoms with van der Waals surface area (Å²) >= 11 is 0. The molecule has 0 amide bonds. The Morgan fingerprint density at radius 1 is 1.13 bits per heavy atom. The van der Waals surface area contributed by atoms with Crippen LogP contribution in [0.2, 0.25) is 0 Å². The van der Waals surface area contributed by atoms with Crippen molar-refractivity contribution in [3.05, 3.63) is 60.2 Å². The van der Waals surface area contributed by atoms with Crippen LogP contribution in [-0.4, -0.2) is 0 Å². The van der Waals surface area contributed by atoms with E-state index < -0.39 is 0 Å². The molecule has 2 aromatic carbocycles. The summed E-state index contributed by atoms with van der Waals surface area (Å²) in [7, 11) is 0. The standard InChI is InChI=1S/C13H12NO/c14-10-11-6-4-5-9-13(11)15-12-7-2-1-3-8-12/h1-2,4-9H,10,14H2. The van der Waals surface area contributed by atoms with Crippen LogP contribution < -0.4 is 10.5 Å². The van der Waals surface area contributed by atoms with Crippen molar-refractivity contribution in [2.24, 2.45) is 5.73 Å². The molecule has 0 heterocycles. The Morgan fingerprint density at radius 3 is 2.73 bits per heavy atom. The fourth-order valence-corrected chi connectivity index (χ4v) is 1.34. The third-order valence-electron chi connectivity index (χ3n) is 2.10. The van der Waals surface area contributed by atoms with Gasteiger partial charge >= 0.3 is 0 Å². The van der Waals surface area contributed by atoms with E-state index in [4.69, 9.17) is 10.5 Å². The zero-order valence-corrected chi connectivity index (χ0v) is 8.31. The van der Waals surface area contributed by atoms with Crippen LogP contribution in [0, 0.1) is 6.07 Å². The van der Waals surface area contributed by atoms with E-state index in [0.29, 0.717) is 6.54 Å². The minimum absolute atomic E-state index is 0.479. The van der Waals surface area contributed by atoms with Crippen molar-refractivity contribution in [2.75, 3.05) is 0 Å². The van der Waals surface area contributed by atoms with Gasteiger partial charge in [-0.05, 0) is 24.3 Å². The van der Waals surface area contributed by atoms with Crippen LogP contribution in [0.25, 0.3) is 0 Å². The highest BCUT2D eigenvalue weighted by atomic mass is 16.5. The second-order valence-corrected chi connectivity index (χ2v) is 3.15. The molecule has 0 saturated carbocycles. The number of para-hydroxylation sites is 1. The molecule has 1 radical (unpaired) electrons. The van der Waals surface area contributed by atoms with Crippen LogP contribution in [0.4, 0.5) is 0 Å². The van der Waals surface area contributed by atoms with Crippen molar-refractivity contribution in [3.63, 3.8) is 0 Å². The van der Waals surface area contributed by atoms with Gasteiger partial charge in [0, 0.05) is 12.1 Å². The molecule has 0 aromatic heterocycles. The molecule has 2 aromatic rings.